The van der Waals surface area contributed by atoms with E-state index >= 15 is 0 Å². The van der Waals surface area contributed by atoms with Gasteiger partial charge in [0.25, 0.3) is 0 Å². The highest BCUT2D eigenvalue weighted by Gasteiger charge is 2.17. The van der Waals surface area contributed by atoms with Crippen molar-refractivity contribution in [2.24, 2.45) is 0 Å². The molecule has 2 aromatic heterocycles. The Bertz CT molecular complexity index is 1390. The molecule has 0 spiro atoms. The highest BCUT2D eigenvalue weighted by Crippen LogP contribution is 2.28. The molecule has 0 unspecified atom stereocenters. The molecule has 0 aliphatic heterocycles. The highest BCUT2D eigenvalue weighted by atomic mass is 16.5. The fraction of sp³-hybridized carbons (Fsp3) is 0.130. The number of esters is 1. The molecule has 6 nitrogen and oxygen atoms in total. The fourth-order valence-corrected chi connectivity index (χ4v) is 3.52. The van der Waals surface area contributed by atoms with Crippen LogP contribution in [0.3, 0.4) is 0 Å². The Morgan fingerprint density at radius 1 is 0.862 bits per heavy atom. The maximum Gasteiger partial charge on any atom is 0.325 e. The van der Waals surface area contributed by atoms with Crippen LogP contribution in [0, 0.1) is 6.92 Å². The van der Waals surface area contributed by atoms with E-state index in [0.29, 0.717) is 5.82 Å². The molecule has 0 N–H and O–H groups in total. The number of imidazole rings is 1. The minimum atomic E-state index is -0.331. The molecule has 6 heteroatoms. The topological polar surface area (TPSA) is 69.9 Å². The number of hydrogen-bond donors (Lipinski definition) is 0. The first-order valence-corrected chi connectivity index (χ1v) is 9.33. The lowest BCUT2D eigenvalue weighted by Crippen LogP contribution is -2.12. The third-order valence-corrected chi connectivity index (χ3v) is 5.03. The van der Waals surface area contributed by atoms with Crippen LogP contribution in [0.2, 0.25) is 0 Å². The van der Waals surface area contributed by atoms with Gasteiger partial charge in [0.2, 0.25) is 0 Å². The van der Waals surface area contributed by atoms with Gasteiger partial charge in [0.05, 0.1) is 40.2 Å². The van der Waals surface area contributed by atoms with Crippen LogP contribution in [-0.4, -0.2) is 32.6 Å². The predicted molar refractivity (Wildman–Crippen MR) is 113 cm³/mol. The van der Waals surface area contributed by atoms with Crippen molar-refractivity contribution in [1.29, 1.82) is 0 Å². The molecule has 5 rings (SSSR count). The quantitative estimate of drug-likeness (QED) is 0.344. The third kappa shape index (κ3) is 2.99. The van der Waals surface area contributed by atoms with E-state index in [4.69, 9.17) is 19.7 Å². The van der Waals surface area contributed by atoms with Crippen molar-refractivity contribution < 1.29 is 9.53 Å². The lowest BCUT2D eigenvalue weighted by atomic mass is 10.1. The number of hydrogen-bond acceptors (Lipinski definition) is 5. The largest absolute Gasteiger partial charge is 0.468 e. The second-order valence-electron chi connectivity index (χ2n) is 7.01. The van der Waals surface area contributed by atoms with Crippen LogP contribution in [0.5, 0.6) is 0 Å². The van der Waals surface area contributed by atoms with Gasteiger partial charge in [0.1, 0.15) is 12.4 Å². The van der Waals surface area contributed by atoms with Crippen LogP contribution in [0.4, 0.5) is 0 Å². The normalized spacial score (nSPS) is 11.4. The molecule has 2 heterocycles. The van der Waals surface area contributed by atoms with Gasteiger partial charge >= 0.3 is 5.97 Å². The summed E-state index contributed by atoms with van der Waals surface area (Å²) in [7, 11) is 1.39. The second kappa shape index (κ2) is 6.67. The van der Waals surface area contributed by atoms with Crippen molar-refractivity contribution in [2.45, 2.75) is 13.5 Å². The summed E-state index contributed by atoms with van der Waals surface area (Å²) in [4.78, 5) is 26.4. The van der Waals surface area contributed by atoms with Crippen molar-refractivity contribution >= 4 is 39.1 Å². The van der Waals surface area contributed by atoms with Crippen LogP contribution < -0.4 is 0 Å². The zero-order chi connectivity index (χ0) is 20.0. The molecule has 0 saturated carbocycles. The first-order chi connectivity index (χ1) is 14.1. The Morgan fingerprint density at radius 3 is 2.17 bits per heavy atom. The molecule has 5 aromatic rings. The molecule has 0 atom stereocenters. The molecule has 0 aliphatic rings. The van der Waals surface area contributed by atoms with E-state index in [2.05, 4.69) is 0 Å². The average molecular weight is 382 g/mol. The van der Waals surface area contributed by atoms with Gasteiger partial charge in [0, 0.05) is 5.56 Å². The molecule has 0 amide bonds. The third-order valence-electron chi connectivity index (χ3n) is 5.03. The summed E-state index contributed by atoms with van der Waals surface area (Å²) in [6, 6.07) is 19.7. The Labute approximate surface area is 166 Å². The molecule has 0 radical (unpaired) electrons. The lowest BCUT2D eigenvalue weighted by molar-refractivity contribution is -0.141. The van der Waals surface area contributed by atoms with Crippen molar-refractivity contribution in [3.05, 3.63) is 66.2 Å². The monoisotopic (exact) mass is 382 g/mol. The summed E-state index contributed by atoms with van der Waals surface area (Å²) in [6.45, 7) is 2.11. The maximum atomic E-state index is 12.1. The van der Waals surface area contributed by atoms with Gasteiger partial charge in [-0.2, -0.15) is 0 Å². The Kier molecular flexibility index (Phi) is 3.98. The van der Waals surface area contributed by atoms with E-state index in [1.54, 1.807) is 0 Å². The van der Waals surface area contributed by atoms with Gasteiger partial charge in [0.15, 0.2) is 0 Å². The van der Waals surface area contributed by atoms with Crippen LogP contribution in [-0.2, 0) is 16.1 Å². The number of carbonyl (C=O) groups excluding carboxylic acids is 1. The molecule has 0 bridgehead atoms. The number of methoxy groups -OCH3 is 1. The molecule has 0 aliphatic carbocycles. The van der Waals surface area contributed by atoms with E-state index in [9.17, 15) is 4.79 Å². The van der Waals surface area contributed by atoms with Crippen LogP contribution >= 0.6 is 0 Å². The minimum Gasteiger partial charge on any atom is -0.468 e. The van der Waals surface area contributed by atoms with Gasteiger partial charge in [-0.15, -0.1) is 0 Å². The molecule has 0 fully saturated rings. The number of aromatic nitrogens is 4. The summed E-state index contributed by atoms with van der Waals surface area (Å²) in [5, 5.41) is 0. The van der Waals surface area contributed by atoms with Gasteiger partial charge < -0.3 is 9.30 Å². The summed E-state index contributed by atoms with van der Waals surface area (Å²) < 4.78 is 6.79. The van der Waals surface area contributed by atoms with Gasteiger partial charge in [-0.3, -0.25) is 4.79 Å². The number of nitrogens with zero attached hydrogens (tertiary/aromatic N) is 4. The Balaban J connectivity index is 1.79. The van der Waals surface area contributed by atoms with E-state index in [1.807, 2.05) is 72.2 Å². The molecule has 0 saturated heterocycles. The molecule has 142 valence electrons. The zero-order valence-electron chi connectivity index (χ0n) is 16.1. The van der Waals surface area contributed by atoms with E-state index < -0.39 is 0 Å². The summed E-state index contributed by atoms with van der Waals surface area (Å²) in [6.07, 6.45) is 0. The van der Waals surface area contributed by atoms with E-state index in [1.165, 1.54) is 7.11 Å². The van der Waals surface area contributed by atoms with Crippen LogP contribution in [0.15, 0.2) is 60.7 Å². The predicted octanol–water partition coefficient (Wildman–Crippen LogP) is 4.28. The molecular formula is C23H18N4O2. The SMILES string of the molecule is COC(=O)Cn1c(-c2ccc(C)cc2)nc2cc3nc4ccccc4nc3cc21. The number of aryl methyl sites for hydroxylation is 1. The first-order valence-electron chi connectivity index (χ1n) is 9.33. The first kappa shape index (κ1) is 17.3. The Morgan fingerprint density at radius 2 is 1.52 bits per heavy atom. The van der Waals surface area contributed by atoms with Crippen LogP contribution in [0.1, 0.15) is 5.56 Å². The van der Waals surface area contributed by atoms with Crippen LogP contribution in [0.25, 0.3) is 44.5 Å². The number of para-hydroxylation sites is 2. The van der Waals surface area contributed by atoms with Gasteiger partial charge in [-0.05, 0) is 31.2 Å². The lowest BCUT2D eigenvalue weighted by Gasteiger charge is -2.08. The number of benzene rings is 3. The number of ether oxygens (including phenoxy) is 1. The van der Waals surface area contributed by atoms with Gasteiger partial charge in [-0.25, -0.2) is 15.0 Å². The fourth-order valence-electron chi connectivity index (χ4n) is 3.52. The van der Waals surface area contributed by atoms with Crippen molar-refractivity contribution in [3.63, 3.8) is 0 Å². The van der Waals surface area contributed by atoms with Crippen molar-refractivity contribution in [2.75, 3.05) is 7.11 Å². The van der Waals surface area contributed by atoms with E-state index in [0.717, 1.165) is 44.2 Å². The number of rotatable bonds is 3. The van der Waals surface area contributed by atoms with Crippen molar-refractivity contribution in [3.8, 4) is 11.4 Å². The van der Waals surface area contributed by atoms with E-state index in [-0.39, 0.29) is 12.5 Å². The maximum absolute atomic E-state index is 12.1. The Hall–Kier alpha value is -3.80. The second-order valence-corrected chi connectivity index (χ2v) is 7.01. The highest BCUT2D eigenvalue weighted by molar-refractivity contribution is 5.96. The number of carbonyl (C=O) groups is 1. The van der Waals surface area contributed by atoms with Gasteiger partial charge in [-0.1, -0.05) is 42.0 Å². The van der Waals surface area contributed by atoms with Crippen molar-refractivity contribution in [1.82, 2.24) is 19.5 Å². The summed E-state index contributed by atoms with van der Waals surface area (Å²) >= 11 is 0. The zero-order valence-corrected chi connectivity index (χ0v) is 16.1. The molecule has 29 heavy (non-hydrogen) atoms. The summed E-state index contributed by atoms with van der Waals surface area (Å²) in [5.41, 5.74) is 6.89. The summed E-state index contributed by atoms with van der Waals surface area (Å²) in [5.74, 6) is 0.382. The average Bonchev–Trinajstić information content (AvgIpc) is 3.08. The molecule has 3 aromatic carbocycles. The minimum absolute atomic E-state index is 0.0721. The standard InChI is InChI=1S/C23H18N4O2/c1-14-7-9-15(10-8-14)23-26-20-11-18-19(12-21(20)27(23)13-22(28)29-2)25-17-6-4-3-5-16(17)24-18/h3-12H,13H2,1-2H3. The number of fused-ring (bicyclic) bond motifs is 3. The smallest absolute Gasteiger partial charge is 0.325 e. The molecular weight excluding hydrogens is 364 g/mol.